The number of hydrogen-bond acceptors (Lipinski definition) is 3. The Labute approximate surface area is 122 Å². The molecule has 1 aromatic heterocycles. The van der Waals surface area contributed by atoms with Crippen LogP contribution in [0.2, 0.25) is 0 Å². The van der Waals surface area contributed by atoms with Crippen molar-refractivity contribution in [2.75, 3.05) is 0 Å². The minimum Gasteiger partial charge on any atom is -0.372 e. The number of pyridine rings is 1. The van der Waals surface area contributed by atoms with Crippen molar-refractivity contribution in [2.45, 2.75) is 13.2 Å². The lowest BCUT2D eigenvalue weighted by molar-refractivity contribution is 0.134. The average molecular weight is 283 g/mol. The van der Waals surface area contributed by atoms with E-state index in [2.05, 4.69) is 11.1 Å². The molecule has 0 saturated carbocycles. The molecule has 0 aliphatic carbocycles. The van der Waals surface area contributed by atoms with E-state index in [0.29, 0.717) is 23.8 Å². The molecule has 1 aromatic carbocycles. The van der Waals surface area contributed by atoms with E-state index in [4.69, 9.17) is 16.3 Å². The SMILES string of the molecule is N#C/C(=C(/Cl)c1ccc2c(c1)COC2)c1ccncc1. The van der Waals surface area contributed by atoms with Crippen LogP contribution in [0.1, 0.15) is 22.3 Å². The van der Waals surface area contributed by atoms with Crippen molar-refractivity contribution in [1.29, 1.82) is 5.26 Å². The van der Waals surface area contributed by atoms with Crippen molar-refractivity contribution < 1.29 is 4.74 Å². The van der Waals surface area contributed by atoms with Crippen molar-refractivity contribution in [3.8, 4) is 6.07 Å². The number of hydrogen-bond donors (Lipinski definition) is 0. The second kappa shape index (κ2) is 5.46. The van der Waals surface area contributed by atoms with Gasteiger partial charge in [-0.05, 0) is 40.5 Å². The largest absolute Gasteiger partial charge is 0.372 e. The highest BCUT2D eigenvalue weighted by Gasteiger charge is 2.14. The summed E-state index contributed by atoms with van der Waals surface area (Å²) in [6, 6.07) is 11.6. The number of ether oxygens (including phenoxy) is 1. The molecule has 0 bridgehead atoms. The summed E-state index contributed by atoms with van der Waals surface area (Å²) >= 11 is 6.40. The van der Waals surface area contributed by atoms with Crippen molar-refractivity contribution in [3.05, 3.63) is 65.0 Å². The first-order valence-corrected chi connectivity index (χ1v) is 6.57. The van der Waals surface area contributed by atoms with Crippen LogP contribution in [-0.2, 0) is 18.0 Å². The molecule has 0 unspecified atom stereocenters. The van der Waals surface area contributed by atoms with Crippen LogP contribution < -0.4 is 0 Å². The lowest BCUT2D eigenvalue weighted by Gasteiger charge is -2.06. The fourth-order valence-electron chi connectivity index (χ4n) is 2.21. The number of aromatic nitrogens is 1. The van der Waals surface area contributed by atoms with Crippen LogP contribution in [0.25, 0.3) is 10.6 Å². The van der Waals surface area contributed by atoms with Crippen molar-refractivity contribution >= 4 is 22.2 Å². The standard InChI is InChI=1S/C16H11ClN2O/c17-16(15(8-18)11-3-5-19-6-4-11)12-1-2-13-9-20-10-14(13)7-12/h1-7H,9-10H2/b16-15-. The molecule has 0 amide bonds. The highest BCUT2D eigenvalue weighted by molar-refractivity contribution is 6.53. The lowest BCUT2D eigenvalue weighted by atomic mass is 10.0. The predicted molar refractivity (Wildman–Crippen MR) is 77.5 cm³/mol. The van der Waals surface area contributed by atoms with E-state index < -0.39 is 0 Å². The molecule has 2 aromatic rings. The number of halogens is 1. The van der Waals surface area contributed by atoms with Gasteiger partial charge in [0.25, 0.3) is 0 Å². The van der Waals surface area contributed by atoms with Crippen molar-refractivity contribution in [3.63, 3.8) is 0 Å². The summed E-state index contributed by atoms with van der Waals surface area (Å²) < 4.78 is 5.39. The Kier molecular flexibility index (Phi) is 3.51. The number of nitriles is 1. The Bertz CT molecular complexity index is 717. The van der Waals surface area contributed by atoms with Gasteiger partial charge in [-0.15, -0.1) is 0 Å². The number of nitrogens with zero attached hydrogens (tertiary/aromatic N) is 2. The lowest BCUT2D eigenvalue weighted by Crippen LogP contribution is -1.89. The van der Waals surface area contributed by atoms with E-state index in [1.807, 2.05) is 18.2 Å². The molecule has 1 aliphatic heterocycles. The maximum atomic E-state index is 9.37. The molecule has 0 N–H and O–H groups in total. The summed E-state index contributed by atoms with van der Waals surface area (Å²) in [4.78, 5) is 3.95. The summed E-state index contributed by atoms with van der Waals surface area (Å²) in [5.74, 6) is 0. The second-order valence-electron chi connectivity index (χ2n) is 4.51. The molecule has 4 heteroatoms. The monoisotopic (exact) mass is 282 g/mol. The normalized spacial score (nSPS) is 14.4. The molecule has 0 spiro atoms. The van der Waals surface area contributed by atoms with E-state index in [-0.39, 0.29) is 0 Å². The number of benzene rings is 1. The summed E-state index contributed by atoms with van der Waals surface area (Å²) in [6.45, 7) is 1.25. The van der Waals surface area contributed by atoms with Crippen molar-refractivity contribution in [2.24, 2.45) is 0 Å². The molecule has 2 heterocycles. The summed E-state index contributed by atoms with van der Waals surface area (Å²) in [5, 5.41) is 9.82. The van der Waals surface area contributed by atoms with Gasteiger partial charge in [0.2, 0.25) is 0 Å². The van der Waals surface area contributed by atoms with Crippen LogP contribution in [0, 0.1) is 11.3 Å². The molecule has 3 rings (SSSR count). The summed E-state index contributed by atoms with van der Waals surface area (Å²) in [6.07, 6.45) is 3.29. The van der Waals surface area contributed by atoms with E-state index in [1.54, 1.807) is 24.5 Å². The first-order chi connectivity index (χ1) is 9.79. The van der Waals surface area contributed by atoms with Gasteiger partial charge in [0, 0.05) is 12.4 Å². The Morgan fingerprint density at radius 2 is 1.85 bits per heavy atom. The number of fused-ring (bicyclic) bond motifs is 1. The minimum absolute atomic E-state index is 0.452. The molecule has 0 radical (unpaired) electrons. The van der Waals surface area contributed by atoms with Gasteiger partial charge in [0.1, 0.15) is 6.07 Å². The van der Waals surface area contributed by atoms with Crippen molar-refractivity contribution in [1.82, 2.24) is 4.98 Å². The first-order valence-electron chi connectivity index (χ1n) is 6.20. The Morgan fingerprint density at radius 1 is 1.10 bits per heavy atom. The van der Waals surface area contributed by atoms with E-state index >= 15 is 0 Å². The van der Waals surface area contributed by atoms with Gasteiger partial charge >= 0.3 is 0 Å². The highest BCUT2D eigenvalue weighted by Crippen LogP contribution is 2.31. The third kappa shape index (κ3) is 2.32. The fourth-order valence-corrected chi connectivity index (χ4v) is 2.48. The van der Waals surface area contributed by atoms with Gasteiger partial charge in [0.15, 0.2) is 0 Å². The van der Waals surface area contributed by atoms with E-state index in [9.17, 15) is 5.26 Å². The molecule has 3 nitrogen and oxygen atoms in total. The van der Waals surface area contributed by atoms with Crippen LogP contribution in [0.4, 0.5) is 0 Å². The van der Waals surface area contributed by atoms with E-state index in [0.717, 1.165) is 16.7 Å². The maximum absolute atomic E-state index is 9.37. The zero-order valence-corrected chi connectivity index (χ0v) is 11.4. The van der Waals surface area contributed by atoms with Crippen LogP contribution in [0.15, 0.2) is 42.7 Å². The third-order valence-corrected chi connectivity index (χ3v) is 3.68. The fraction of sp³-hybridized carbons (Fsp3) is 0.125. The topological polar surface area (TPSA) is 45.9 Å². The third-order valence-electron chi connectivity index (χ3n) is 3.28. The molecule has 0 fully saturated rings. The Morgan fingerprint density at radius 3 is 2.60 bits per heavy atom. The molecule has 0 atom stereocenters. The van der Waals surface area contributed by atoms with Gasteiger partial charge in [-0.1, -0.05) is 23.7 Å². The van der Waals surface area contributed by atoms with Crippen LogP contribution >= 0.6 is 11.6 Å². The zero-order valence-electron chi connectivity index (χ0n) is 10.6. The van der Waals surface area contributed by atoms with Crippen LogP contribution in [0.3, 0.4) is 0 Å². The summed E-state index contributed by atoms with van der Waals surface area (Å²) in [5.41, 5.74) is 4.37. The Hall–Kier alpha value is -2.15. The van der Waals surface area contributed by atoms with Gasteiger partial charge in [0.05, 0.1) is 23.8 Å². The predicted octanol–water partition coefficient (Wildman–Crippen LogP) is 3.74. The van der Waals surface area contributed by atoms with Gasteiger partial charge < -0.3 is 4.74 Å². The Balaban J connectivity index is 2.08. The average Bonchev–Trinajstić information content (AvgIpc) is 2.96. The van der Waals surface area contributed by atoms with E-state index in [1.165, 1.54) is 5.56 Å². The number of rotatable bonds is 2. The van der Waals surface area contributed by atoms with Crippen LogP contribution in [0.5, 0.6) is 0 Å². The molecule has 0 saturated heterocycles. The second-order valence-corrected chi connectivity index (χ2v) is 4.89. The van der Waals surface area contributed by atoms with Gasteiger partial charge in [-0.2, -0.15) is 5.26 Å². The van der Waals surface area contributed by atoms with Gasteiger partial charge in [-0.25, -0.2) is 0 Å². The molecule has 1 aliphatic rings. The van der Waals surface area contributed by atoms with Gasteiger partial charge in [-0.3, -0.25) is 4.98 Å². The molecular weight excluding hydrogens is 272 g/mol. The zero-order chi connectivity index (χ0) is 13.9. The molecule has 20 heavy (non-hydrogen) atoms. The first kappa shape index (κ1) is 12.9. The summed E-state index contributed by atoms with van der Waals surface area (Å²) in [7, 11) is 0. The van der Waals surface area contributed by atoms with Crippen LogP contribution in [-0.4, -0.2) is 4.98 Å². The highest BCUT2D eigenvalue weighted by atomic mass is 35.5. The quantitative estimate of drug-likeness (QED) is 0.788. The minimum atomic E-state index is 0.452. The smallest absolute Gasteiger partial charge is 0.101 e. The molecular formula is C16H11ClN2O. The maximum Gasteiger partial charge on any atom is 0.101 e. The molecule has 98 valence electrons. The number of allylic oxidation sites excluding steroid dienone is 1.